The molecule has 0 radical (unpaired) electrons. The van der Waals surface area contributed by atoms with E-state index < -0.39 is 5.97 Å². The van der Waals surface area contributed by atoms with Crippen molar-refractivity contribution in [1.82, 2.24) is 4.31 Å². The fraction of sp³-hybridized carbons (Fsp3) is 0.364. The maximum atomic E-state index is 12.3. The van der Waals surface area contributed by atoms with Crippen LogP contribution < -0.4 is 9.80 Å². The van der Waals surface area contributed by atoms with Gasteiger partial charge >= 0.3 is 5.97 Å². The van der Waals surface area contributed by atoms with Crippen LogP contribution >= 0.6 is 27.9 Å². The van der Waals surface area contributed by atoms with Crippen LogP contribution in [0.3, 0.4) is 0 Å². The Kier molecular flexibility index (Phi) is 6.65. The first kappa shape index (κ1) is 21.2. The number of carbonyl (C=O) groups excluding carboxylic acids is 1. The third kappa shape index (κ3) is 4.99. The predicted octanol–water partition coefficient (Wildman–Crippen LogP) is 4.03. The lowest BCUT2D eigenvalue weighted by Gasteiger charge is -2.35. The summed E-state index contributed by atoms with van der Waals surface area (Å²) in [5.41, 5.74) is 3.34. The summed E-state index contributed by atoms with van der Waals surface area (Å²) < 4.78 is 3.49. The molecule has 1 fully saturated rings. The normalized spacial score (nSPS) is 16.6. The molecule has 0 spiro atoms. The Hall–Kier alpha value is -2.03. The van der Waals surface area contributed by atoms with Crippen molar-refractivity contribution in [2.75, 3.05) is 42.5 Å². The monoisotopic (exact) mass is 489 g/mol. The number of hydrogen-bond acceptors (Lipinski definition) is 5. The highest BCUT2D eigenvalue weighted by Gasteiger charge is 2.26. The minimum Gasteiger partial charge on any atom is -0.481 e. The summed E-state index contributed by atoms with van der Waals surface area (Å²) in [6.07, 6.45) is 0.747. The topological polar surface area (TPSA) is 64.1 Å². The molecule has 0 aromatic heterocycles. The summed E-state index contributed by atoms with van der Waals surface area (Å²) in [6.45, 7) is 4.57. The van der Waals surface area contributed by atoms with Gasteiger partial charge in [-0.1, -0.05) is 22.0 Å². The second kappa shape index (κ2) is 9.41. The highest BCUT2D eigenvalue weighted by molar-refractivity contribution is 9.10. The molecule has 2 aromatic carbocycles. The van der Waals surface area contributed by atoms with Gasteiger partial charge in [0.05, 0.1) is 6.42 Å². The van der Waals surface area contributed by atoms with Crippen LogP contribution in [0.1, 0.15) is 18.4 Å². The molecule has 1 N–H and O–H groups in total. The van der Waals surface area contributed by atoms with Crippen LogP contribution in [-0.4, -0.2) is 54.0 Å². The molecule has 0 bridgehead atoms. The smallest absolute Gasteiger partial charge is 0.303 e. The first-order valence-electron chi connectivity index (χ1n) is 10.1. The number of aliphatic carboxylic acids is 1. The Morgan fingerprint density at radius 2 is 1.80 bits per heavy atom. The number of carbonyl (C=O) groups is 2. The predicted molar refractivity (Wildman–Crippen MR) is 123 cm³/mol. The van der Waals surface area contributed by atoms with E-state index in [1.807, 2.05) is 12.1 Å². The number of rotatable bonds is 6. The van der Waals surface area contributed by atoms with Crippen molar-refractivity contribution in [3.63, 3.8) is 0 Å². The van der Waals surface area contributed by atoms with E-state index in [9.17, 15) is 9.59 Å². The van der Waals surface area contributed by atoms with Gasteiger partial charge in [-0.2, -0.15) is 0 Å². The van der Waals surface area contributed by atoms with Crippen LogP contribution in [0.5, 0.6) is 0 Å². The lowest BCUT2D eigenvalue weighted by Crippen LogP contribution is -2.43. The quantitative estimate of drug-likeness (QED) is 0.617. The van der Waals surface area contributed by atoms with E-state index in [0.29, 0.717) is 6.54 Å². The van der Waals surface area contributed by atoms with Crippen LogP contribution in [0.15, 0.2) is 51.8 Å². The first-order chi connectivity index (χ1) is 14.5. The third-order valence-corrected chi connectivity index (χ3v) is 7.03. The second-order valence-electron chi connectivity index (χ2n) is 7.47. The molecular weight excluding hydrogens is 466 g/mol. The molecule has 0 saturated carbocycles. The number of hydrogen-bond donors (Lipinski definition) is 1. The number of anilines is 2. The fourth-order valence-electron chi connectivity index (χ4n) is 3.90. The summed E-state index contributed by atoms with van der Waals surface area (Å²) in [5.74, 6) is -1.05. The number of fused-ring (bicyclic) bond motifs is 1. The van der Waals surface area contributed by atoms with Crippen molar-refractivity contribution >= 4 is 51.1 Å². The molecule has 6 nitrogen and oxygen atoms in total. The van der Waals surface area contributed by atoms with Crippen molar-refractivity contribution < 1.29 is 14.7 Å². The molecule has 4 rings (SSSR count). The summed E-state index contributed by atoms with van der Waals surface area (Å²) in [4.78, 5) is 28.4. The van der Waals surface area contributed by atoms with Gasteiger partial charge in [-0.3, -0.25) is 9.59 Å². The molecule has 8 heteroatoms. The van der Waals surface area contributed by atoms with Crippen molar-refractivity contribution in [3.8, 4) is 0 Å². The van der Waals surface area contributed by atoms with Gasteiger partial charge in [0.25, 0.3) is 0 Å². The number of carboxylic acids is 1. The van der Waals surface area contributed by atoms with E-state index in [0.717, 1.165) is 48.3 Å². The minimum absolute atomic E-state index is 0.0491. The minimum atomic E-state index is -0.936. The van der Waals surface area contributed by atoms with E-state index >= 15 is 0 Å². The van der Waals surface area contributed by atoms with E-state index in [2.05, 4.69) is 55.5 Å². The zero-order chi connectivity index (χ0) is 21.1. The molecule has 0 unspecified atom stereocenters. The van der Waals surface area contributed by atoms with Gasteiger partial charge in [0.1, 0.15) is 0 Å². The van der Waals surface area contributed by atoms with Gasteiger partial charge in [0.15, 0.2) is 0 Å². The van der Waals surface area contributed by atoms with Crippen molar-refractivity contribution in [1.29, 1.82) is 0 Å². The SMILES string of the molecule is O=C(O)CCC(=O)N1CCc2cc(SN3CCN(c4cccc(Br)c4)CC3)ccc21. The van der Waals surface area contributed by atoms with Crippen molar-refractivity contribution in [2.45, 2.75) is 24.2 Å². The Morgan fingerprint density at radius 3 is 2.53 bits per heavy atom. The summed E-state index contributed by atoms with van der Waals surface area (Å²) in [7, 11) is 0. The van der Waals surface area contributed by atoms with Crippen LogP contribution in [0.25, 0.3) is 0 Å². The van der Waals surface area contributed by atoms with Crippen LogP contribution in [-0.2, 0) is 16.0 Å². The second-order valence-corrected chi connectivity index (χ2v) is 9.55. The molecule has 1 amide bonds. The largest absolute Gasteiger partial charge is 0.481 e. The number of nitrogens with zero attached hydrogens (tertiary/aromatic N) is 3. The number of halogens is 1. The number of piperazine rings is 1. The van der Waals surface area contributed by atoms with E-state index in [4.69, 9.17) is 5.11 Å². The van der Waals surface area contributed by atoms with Gasteiger partial charge in [0.2, 0.25) is 5.91 Å². The molecule has 2 aromatic rings. The van der Waals surface area contributed by atoms with E-state index in [1.165, 1.54) is 10.6 Å². The summed E-state index contributed by atoms with van der Waals surface area (Å²) in [6, 6.07) is 14.7. The molecule has 0 atom stereocenters. The maximum absolute atomic E-state index is 12.3. The first-order valence-corrected chi connectivity index (χ1v) is 11.6. The number of amides is 1. The average molecular weight is 490 g/mol. The Morgan fingerprint density at radius 1 is 1.00 bits per heavy atom. The number of benzene rings is 2. The van der Waals surface area contributed by atoms with Gasteiger partial charge < -0.3 is 14.9 Å². The van der Waals surface area contributed by atoms with Gasteiger partial charge in [-0.05, 0) is 60.3 Å². The zero-order valence-corrected chi connectivity index (χ0v) is 19.0. The van der Waals surface area contributed by atoms with Gasteiger partial charge in [0, 0.05) is 59.9 Å². The lowest BCUT2D eigenvalue weighted by atomic mass is 10.2. The fourth-order valence-corrected chi connectivity index (χ4v) is 5.26. The van der Waals surface area contributed by atoms with Crippen molar-refractivity contribution in [3.05, 3.63) is 52.5 Å². The lowest BCUT2D eigenvalue weighted by molar-refractivity contribution is -0.138. The molecule has 1 saturated heterocycles. The zero-order valence-electron chi connectivity index (χ0n) is 16.6. The highest BCUT2D eigenvalue weighted by atomic mass is 79.9. The Labute approximate surface area is 189 Å². The number of carboxylic acid groups (broad SMARTS) is 1. The van der Waals surface area contributed by atoms with Crippen LogP contribution in [0.4, 0.5) is 11.4 Å². The highest BCUT2D eigenvalue weighted by Crippen LogP contribution is 2.34. The standard InChI is InChI=1S/C22H24BrN3O3S/c23-17-2-1-3-18(15-17)24-10-12-25(13-11-24)30-19-4-5-20-16(14-19)8-9-26(20)21(27)6-7-22(28)29/h1-5,14-15H,6-13H2,(H,28,29). The molecule has 2 aliphatic rings. The molecule has 158 valence electrons. The van der Waals surface area contributed by atoms with E-state index in [-0.39, 0.29) is 18.7 Å². The van der Waals surface area contributed by atoms with Crippen LogP contribution in [0.2, 0.25) is 0 Å². The Bertz CT molecular complexity index is 947. The van der Waals surface area contributed by atoms with Crippen molar-refractivity contribution in [2.24, 2.45) is 0 Å². The Balaban J connectivity index is 1.33. The van der Waals surface area contributed by atoms with Gasteiger partial charge in [-0.25, -0.2) is 4.31 Å². The summed E-state index contributed by atoms with van der Waals surface area (Å²) >= 11 is 5.32. The molecule has 0 aliphatic carbocycles. The third-order valence-electron chi connectivity index (χ3n) is 5.45. The summed E-state index contributed by atoms with van der Waals surface area (Å²) in [5, 5.41) is 8.80. The molecular formula is C22H24BrN3O3S. The molecule has 2 heterocycles. The van der Waals surface area contributed by atoms with Gasteiger partial charge in [-0.15, -0.1) is 0 Å². The molecule has 30 heavy (non-hydrogen) atoms. The van der Waals surface area contributed by atoms with E-state index in [1.54, 1.807) is 16.8 Å². The molecule has 2 aliphatic heterocycles. The average Bonchev–Trinajstić information content (AvgIpc) is 3.16. The maximum Gasteiger partial charge on any atom is 0.303 e. The van der Waals surface area contributed by atoms with Crippen LogP contribution in [0, 0.1) is 0 Å².